The molecule has 12 rings (SSSR count). The molecule has 1 radical (unpaired) electrons. The molecule has 0 fully saturated rings. The van der Waals surface area contributed by atoms with Crippen LogP contribution in [0, 0.1) is 23.4 Å². The van der Waals surface area contributed by atoms with E-state index in [0.29, 0.717) is 0 Å². The summed E-state index contributed by atoms with van der Waals surface area (Å²) >= 11 is -0.586. The summed E-state index contributed by atoms with van der Waals surface area (Å²) in [4.78, 5) is 16.2. The molecule has 4 aromatic heterocycles. The van der Waals surface area contributed by atoms with Crippen molar-refractivity contribution < 1.29 is 27.2 Å². The van der Waals surface area contributed by atoms with Gasteiger partial charge in [-0.3, -0.25) is 4.98 Å². The van der Waals surface area contributed by atoms with Crippen LogP contribution in [0.2, 0.25) is 17.3 Å². The molecule has 0 aliphatic carbocycles. The number of pyridine rings is 2. The molecule has 361 valence electrons. The molecule has 73 heavy (non-hydrogen) atoms. The van der Waals surface area contributed by atoms with E-state index in [1.165, 1.54) is 12.1 Å². The monoisotopic (exact) mass is 1210 g/mol. The Morgan fingerprint density at radius 1 is 0.644 bits per heavy atom. The molecule has 0 atom stereocenters. The molecule has 12 aromatic rings. The number of aromatic nitrogens is 4. The van der Waals surface area contributed by atoms with E-state index in [2.05, 4.69) is 160 Å². The number of hydrogen-bond acceptors (Lipinski definition) is 4. The van der Waals surface area contributed by atoms with Crippen LogP contribution in [0.25, 0.3) is 104 Å². The molecule has 0 aliphatic rings. The van der Waals surface area contributed by atoms with Crippen molar-refractivity contribution in [3.8, 4) is 61.8 Å². The van der Waals surface area contributed by atoms with E-state index >= 15 is 0 Å². The Morgan fingerprint density at radius 2 is 1.29 bits per heavy atom. The Labute approximate surface area is 450 Å². The number of thiophene rings is 1. The van der Waals surface area contributed by atoms with Gasteiger partial charge in [0, 0.05) is 47.6 Å². The average molecular weight is 1210 g/mol. The Hall–Kier alpha value is -6.87. The molecule has 0 saturated heterocycles. The van der Waals surface area contributed by atoms with E-state index in [4.69, 9.17) is 12.7 Å². The van der Waals surface area contributed by atoms with Gasteiger partial charge in [-0.25, -0.2) is 9.37 Å². The Bertz CT molecular complexity index is 3960. The van der Waals surface area contributed by atoms with Gasteiger partial charge in [-0.1, -0.05) is 126 Å². The molecular weight excluding hydrogens is 1150 g/mol. The van der Waals surface area contributed by atoms with Crippen molar-refractivity contribution in [2.75, 3.05) is 0 Å². The van der Waals surface area contributed by atoms with Crippen molar-refractivity contribution in [1.29, 1.82) is 0 Å². The van der Waals surface area contributed by atoms with E-state index < -0.39 is 25.1 Å². The van der Waals surface area contributed by atoms with Crippen molar-refractivity contribution in [3.05, 3.63) is 224 Å². The van der Waals surface area contributed by atoms with Crippen molar-refractivity contribution in [2.45, 2.75) is 44.4 Å². The maximum atomic E-state index is 14.0. The van der Waals surface area contributed by atoms with Crippen molar-refractivity contribution in [3.63, 3.8) is 0 Å². The quantitative estimate of drug-likeness (QED) is 0.112. The van der Waals surface area contributed by atoms with Gasteiger partial charge in [-0.2, -0.15) is 11.3 Å². The van der Waals surface area contributed by atoms with Crippen LogP contribution in [0.4, 0.5) is 4.39 Å². The zero-order valence-corrected chi connectivity index (χ0v) is 46.8. The van der Waals surface area contributed by atoms with Crippen molar-refractivity contribution in [1.82, 2.24) is 19.5 Å². The predicted molar refractivity (Wildman–Crippen MR) is 304 cm³/mol. The second kappa shape index (κ2) is 20.6. The van der Waals surface area contributed by atoms with E-state index in [-0.39, 0.29) is 25.9 Å². The fourth-order valence-electron chi connectivity index (χ4n) is 9.62. The maximum Gasteiger partial charge on any atom is 0 e. The molecule has 0 spiro atoms. The zero-order chi connectivity index (χ0) is 51.4. The van der Waals surface area contributed by atoms with Gasteiger partial charge in [-0.15, -0.1) is 18.2 Å². The van der Waals surface area contributed by atoms with E-state index in [1.54, 1.807) is 23.5 Å². The molecule has 0 amide bonds. The number of para-hydroxylation sites is 3. The number of benzene rings is 8. The second-order valence-electron chi connectivity index (χ2n) is 20.1. The van der Waals surface area contributed by atoms with Crippen LogP contribution in [0.3, 0.4) is 0 Å². The minimum Gasteiger partial charge on any atom is 0 e. The summed E-state index contributed by atoms with van der Waals surface area (Å²) in [6.45, 7) is 5.88. The van der Waals surface area contributed by atoms with Crippen LogP contribution in [0.1, 0.15) is 29.1 Å². The predicted octanol–water partition coefficient (Wildman–Crippen LogP) is 17.2. The summed E-state index contributed by atoms with van der Waals surface area (Å²) in [5.74, 6) is 7.41. The van der Waals surface area contributed by atoms with Gasteiger partial charge in [0.05, 0.1) is 28.2 Å². The molecule has 0 saturated carbocycles. The molecule has 8 heteroatoms. The molecule has 0 unspecified atom stereocenters. The Balaban J connectivity index is 0.000000226. The zero-order valence-electron chi connectivity index (χ0n) is 43.5. The first-order chi connectivity index (χ1) is 35.7. The molecule has 8 aromatic carbocycles. The van der Waals surface area contributed by atoms with E-state index in [9.17, 15) is 4.39 Å². The van der Waals surface area contributed by atoms with Crippen LogP contribution >= 0.6 is 11.3 Å². The fourth-order valence-corrected chi connectivity index (χ4v) is 13.7. The fraction of sp³-hybridized carbons (Fsp3) is 0.123. The van der Waals surface area contributed by atoms with Crippen molar-refractivity contribution in [2.24, 2.45) is 5.41 Å². The normalized spacial score (nSPS) is 12.3. The van der Waals surface area contributed by atoms with Crippen LogP contribution < -0.4 is 4.40 Å². The second-order valence-corrected chi connectivity index (χ2v) is 31.7. The summed E-state index contributed by atoms with van der Waals surface area (Å²) in [5, 5.41) is 4.35. The van der Waals surface area contributed by atoms with Gasteiger partial charge in [-0.05, 0) is 57.6 Å². The third-order valence-corrected chi connectivity index (χ3v) is 18.2. The third kappa shape index (κ3) is 10.00. The summed E-state index contributed by atoms with van der Waals surface area (Å²) in [6, 6.07) is 71.6. The number of halogens is 1. The van der Waals surface area contributed by atoms with Gasteiger partial charge in [0.25, 0.3) is 0 Å². The average Bonchev–Trinajstić information content (AvgIpc) is 4.01. The van der Waals surface area contributed by atoms with E-state index in [1.807, 2.05) is 75.5 Å². The SMILES string of the molecule is Fc1ccc(-c2nc3sc4c(-c5nc6ccccc6n5-c5c(-c6ccccc6)cccc5-c5ccccc5)[c-]ccc4c3c3ccccc23)cc1.[2H]C([2H])(c1cc(-c2[c-]cccc2)nc[c]1[Ge]([CH3])([CH3])[CH3])C(C)(C)C.[Ir]. The van der Waals surface area contributed by atoms with E-state index in [0.717, 1.165) is 114 Å². The first kappa shape index (κ1) is 47.2. The molecule has 0 aliphatic heterocycles. The molecular formula is C65H53FGeIrN4S-2. The van der Waals surface area contributed by atoms with Gasteiger partial charge in [0.1, 0.15) is 10.6 Å². The summed E-state index contributed by atoms with van der Waals surface area (Å²) < 4.78 is 36.0. The largest absolute Gasteiger partial charge is 0 e. The van der Waals surface area contributed by atoms with Crippen LogP contribution in [0.5, 0.6) is 0 Å². The van der Waals surface area contributed by atoms with Gasteiger partial charge in [0.15, 0.2) is 0 Å². The van der Waals surface area contributed by atoms with Gasteiger partial charge < -0.3 is 4.57 Å². The number of imidazole rings is 1. The number of rotatable bonds is 8. The number of nitrogens with zero attached hydrogens (tertiary/aromatic N) is 4. The molecule has 4 heterocycles. The number of fused-ring (bicyclic) bond motifs is 6. The summed E-state index contributed by atoms with van der Waals surface area (Å²) in [5.41, 5.74) is 12.1. The summed E-state index contributed by atoms with van der Waals surface area (Å²) in [6.07, 6.45) is 0.502. The summed E-state index contributed by atoms with van der Waals surface area (Å²) in [7, 11) is 0. The smallest absolute Gasteiger partial charge is 0 e. The molecule has 4 nitrogen and oxygen atoms in total. The topological polar surface area (TPSA) is 43.6 Å². The van der Waals surface area contributed by atoms with Crippen LogP contribution in [-0.4, -0.2) is 32.8 Å². The van der Waals surface area contributed by atoms with Crippen molar-refractivity contribution >= 4 is 71.1 Å². The van der Waals surface area contributed by atoms with Gasteiger partial charge >= 0.3 is 135 Å². The Kier molecular flexibility index (Phi) is 13.3. The first-order valence-electron chi connectivity index (χ1n) is 25.3. The number of hydrogen-bond donors (Lipinski definition) is 0. The first-order valence-corrected chi connectivity index (χ1v) is 32.4. The molecule has 0 bridgehead atoms. The minimum absolute atomic E-state index is 0. The van der Waals surface area contributed by atoms with Crippen LogP contribution in [-0.2, 0) is 26.5 Å². The third-order valence-electron chi connectivity index (χ3n) is 12.8. The van der Waals surface area contributed by atoms with Gasteiger partial charge in [0.2, 0.25) is 0 Å². The maximum absolute atomic E-state index is 14.0. The van der Waals surface area contributed by atoms with Crippen LogP contribution in [0.15, 0.2) is 200 Å². The minimum atomic E-state index is -2.24. The molecule has 0 N–H and O–H groups in total. The Morgan fingerprint density at radius 3 is 1.95 bits per heavy atom. The standard InChI is InChI=1S/C46H27FN3S.C19H26GeN.Ir/c47-32-27-25-31(26-28-32)42-36-18-8-7-17-35(36)41-37-21-12-22-38(44(37)51-46(41)49-42)45-48-39-23-9-10-24-40(39)50(45)43-33(29-13-3-1-4-14-29)19-11-20-34(43)30-15-5-2-6-16-30;1-19(2,3)13-16-12-18(15-10-8-7-9-11-15)21-14-17(16)20(4,5)6;/h1-21,23-28H;7-10,12,14H,13H2,1-6H3;/q2*-1;/i;13D2;.